The Morgan fingerprint density at radius 2 is 1.68 bits per heavy atom. The van der Waals surface area contributed by atoms with Crippen LogP contribution in [0.5, 0.6) is 0 Å². The molecule has 1 saturated carbocycles. The lowest BCUT2D eigenvalue weighted by Crippen LogP contribution is -2.05. The fourth-order valence-electron chi connectivity index (χ4n) is 3.44. The van der Waals surface area contributed by atoms with E-state index in [0.29, 0.717) is 6.61 Å². The molecule has 2 aromatic carbocycles. The molecule has 1 aliphatic carbocycles. The predicted molar refractivity (Wildman–Crippen MR) is 102 cm³/mol. The lowest BCUT2D eigenvalue weighted by molar-refractivity contribution is -0.137. The quantitative estimate of drug-likeness (QED) is 0.512. The van der Waals surface area contributed by atoms with E-state index in [1.807, 2.05) is 36.4 Å². The van der Waals surface area contributed by atoms with Gasteiger partial charge in [-0.2, -0.15) is 0 Å². The van der Waals surface area contributed by atoms with Crippen LogP contribution in [0.1, 0.15) is 54.7 Å². The van der Waals surface area contributed by atoms with Crippen molar-refractivity contribution in [2.75, 3.05) is 6.61 Å². The first-order chi connectivity index (χ1) is 12.3. The summed E-state index contributed by atoms with van der Waals surface area (Å²) in [6.45, 7) is 0.411. The van der Waals surface area contributed by atoms with Crippen LogP contribution in [0.2, 0.25) is 0 Å². The van der Waals surface area contributed by atoms with Gasteiger partial charge in [-0.25, -0.2) is 4.79 Å². The van der Waals surface area contributed by atoms with Crippen molar-refractivity contribution < 1.29 is 9.53 Å². The number of esters is 1. The topological polar surface area (TPSA) is 26.3 Å². The highest BCUT2D eigenvalue weighted by Gasteiger charge is 2.14. The molecular formula is C23H26O2. The minimum atomic E-state index is -0.285. The lowest BCUT2D eigenvalue weighted by Gasteiger charge is -2.21. The largest absolute Gasteiger partial charge is 0.462 e. The first-order valence-corrected chi connectivity index (χ1v) is 9.30. The number of benzene rings is 2. The molecule has 0 saturated heterocycles. The lowest BCUT2D eigenvalue weighted by atomic mass is 9.84. The molecule has 0 radical (unpaired) electrons. The maximum Gasteiger partial charge on any atom is 0.330 e. The Morgan fingerprint density at radius 1 is 0.960 bits per heavy atom. The third-order valence-electron chi connectivity index (χ3n) is 4.90. The van der Waals surface area contributed by atoms with Gasteiger partial charge in [0.2, 0.25) is 0 Å². The van der Waals surface area contributed by atoms with E-state index < -0.39 is 0 Å². The molecule has 0 unspecified atom stereocenters. The third kappa shape index (κ3) is 5.60. The van der Waals surface area contributed by atoms with Crippen molar-refractivity contribution in [3.05, 3.63) is 77.4 Å². The Hall–Kier alpha value is -2.35. The zero-order valence-corrected chi connectivity index (χ0v) is 14.7. The van der Waals surface area contributed by atoms with E-state index in [-0.39, 0.29) is 5.97 Å². The summed E-state index contributed by atoms with van der Waals surface area (Å²) < 4.78 is 5.26. The van der Waals surface area contributed by atoms with Gasteiger partial charge in [0, 0.05) is 12.5 Å². The summed E-state index contributed by atoms with van der Waals surface area (Å²) in [6.07, 6.45) is 10.8. The van der Waals surface area contributed by atoms with Crippen LogP contribution in [0.4, 0.5) is 0 Å². The molecule has 130 valence electrons. The second-order valence-corrected chi connectivity index (χ2v) is 6.74. The Balaban J connectivity index is 1.45. The van der Waals surface area contributed by atoms with Crippen molar-refractivity contribution in [2.45, 2.75) is 44.4 Å². The van der Waals surface area contributed by atoms with Crippen molar-refractivity contribution in [2.24, 2.45) is 0 Å². The standard InChI is InChI=1S/C23H26O2/c24-23(25-18-17-19-7-3-1-4-8-19)16-13-20-11-14-22(15-12-20)21-9-5-2-6-10-21/h1,3-4,7-8,11-16,21H,2,5-6,9-10,17-18H2. The highest BCUT2D eigenvalue weighted by atomic mass is 16.5. The SMILES string of the molecule is O=C(C=Cc1ccc(C2CCCCC2)cc1)OCCc1ccccc1. The molecule has 0 aliphatic heterocycles. The third-order valence-corrected chi connectivity index (χ3v) is 4.90. The zero-order valence-electron chi connectivity index (χ0n) is 14.7. The van der Waals surface area contributed by atoms with E-state index in [1.165, 1.54) is 49.3 Å². The van der Waals surface area contributed by atoms with Crippen molar-refractivity contribution in [1.29, 1.82) is 0 Å². The van der Waals surface area contributed by atoms with Crippen molar-refractivity contribution in [1.82, 2.24) is 0 Å². The van der Waals surface area contributed by atoms with Gasteiger partial charge in [0.15, 0.2) is 0 Å². The van der Waals surface area contributed by atoms with Gasteiger partial charge in [-0.15, -0.1) is 0 Å². The first kappa shape index (κ1) is 17.5. The molecule has 0 bridgehead atoms. The minimum Gasteiger partial charge on any atom is -0.462 e. The number of hydrogen-bond donors (Lipinski definition) is 0. The average Bonchev–Trinajstić information content (AvgIpc) is 2.68. The second-order valence-electron chi connectivity index (χ2n) is 6.74. The van der Waals surface area contributed by atoms with E-state index >= 15 is 0 Å². The van der Waals surface area contributed by atoms with Crippen molar-refractivity contribution in [3.63, 3.8) is 0 Å². The molecular weight excluding hydrogens is 308 g/mol. The first-order valence-electron chi connectivity index (χ1n) is 9.30. The van der Waals surface area contributed by atoms with Crippen molar-refractivity contribution in [3.8, 4) is 0 Å². The van der Waals surface area contributed by atoms with Crippen molar-refractivity contribution >= 4 is 12.0 Å². The molecule has 2 aromatic rings. The minimum absolute atomic E-state index is 0.285. The highest BCUT2D eigenvalue weighted by molar-refractivity contribution is 5.87. The van der Waals surface area contributed by atoms with Gasteiger partial charge in [0.05, 0.1) is 6.61 Å². The van der Waals surface area contributed by atoms with E-state index in [1.54, 1.807) is 0 Å². The molecule has 3 rings (SSSR count). The van der Waals surface area contributed by atoms with Gasteiger partial charge in [-0.3, -0.25) is 0 Å². The molecule has 0 amide bonds. The van der Waals surface area contributed by atoms with E-state index in [4.69, 9.17) is 4.74 Å². The summed E-state index contributed by atoms with van der Waals surface area (Å²) in [5, 5.41) is 0. The van der Waals surface area contributed by atoms with Gasteiger partial charge in [-0.05, 0) is 41.5 Å². The number of rotatable bonds is 6. The van der Waals surface area contributed by atoms with Crippen LogP contribution in [0.3, 0.4) is 0 Å². The highest BCUT2D eigenvalue weighted by Crippen LogP contribution is 2.32. The van der Waals surface area contributed by atoms with Crippen LogP contribution < -0.4 is 0 Å². The summed E-state index contributed by atoms with van der Waals surface area (Å²) in [6, 6.07) is 18.6. The smallest absolute Gasteiger partial charge is 0.330 e. The van der Waals surface area contributed by atoms with E-state index in [2.05, 4.69) is 24.3 Å². The number of hydrogen-bond acceptors (Lipinski definition) is 2. The zero-order chi connectivity index (χ0) is 17.3. The summed E-state index contributed by atoms with van der Waals surface area (Å²) in [4.78, 5) is 11.8. The van der Waals surface area contributed by atoms with E-state index in [9.17, 15) is 4.79 Å². The maximum atomic E-state index is 11.8. The molecule has 25 heavy (non-hydrogen) atoms. The van der Waals surface area contributed by atoms with Crippen LogP contribution in [0.25, 0.3) is 6.08 Å². The Bertz CT molecular complexity index is 680. The van der Waals surface area contributed by atoms with Crippen LogP contribution in [0, 0.1) is 0 Å². The summed E-state index contributed by atoms with van der Waals surface area (Å²) in [5.41, 5.74) is 3.65. The predicted octanol–water partition coefficient (Wildman–Crippen LogP) is 5.53. The molecule has 0 atom stereocenters. The molecule has 1 fully saturated rings. The van der Waals surface area contributed by atoms with Gasteiger partial charge in [0.1, 0.15) is 0 Å². The fraction of sp³-hybridized carbons (Fsp3) is 0.348. The fourth-order valence-corrected chi connectivity index (χ4v) is 3.44. The summed E-state index contributed by atoms with van der Waals surface area (Å²) in [5.74, 6) is 0.432. The number of ether oxygens (including phenoxy) is 1. The van der Waals surface area contributed by atoms with Crippen LogP contribution >= 0.6 is 0 Å². The molecule has 1 aliphatic rings. The molecule has 0 N–H and O–H groups in total. The normalized spacial score (nSPS) is 15.4. The monoisotopic (exact) mass is 334 g/mol. The number of carbonyl (C=O) groups excluding carboxylic acids is 1. The van der Waals surface area contributed by atoms with Gasteiger partial charge in [-0.1, -0.05) is 73.9 Å². The average molecular weight is 334 g/mol. The van der Waals surface area contributed by atoms with Gasteiger partial charge >= 0.3 is 5.97 Å². The molecule has 0 aromatic heterocycles. The van der Waals surface area contributed by atoms with Gasteiger partial charge in [0.25, 0.3) is 0 Å². The van der Waals surface area contributed by atoms with Crippen LogP contribution in [-0.2, 0) is 16.0 Å². The molecule has 0 spiro atoms. The Morgan fingerprint density at radius 3 is 2.40 bits per heavy atom. The number of carbonyl (C=O) groups is 1. The van der Waals surface area contributed by atoms with E-state index in [0.717, 1.165) is 17.9 Å². The Labute approximate surface area is 150 Å². The second kappa shape index (κ2) is 9.22. The van der Waals surface area contributed by atoms with Gasteiger partial charge < -0.3 is 4.74 Å². The Kier molecular flexibility index (Phi) is 6.44. The molecule has 2 nitrogen and oxygen atoms in total. The summed E-state index contributed by atoms with van der Waals surface area (Å²) >= 11 is 0. The van der Waals surface area contributed by atoms with Crippen LogP contribution in [-0.4, -0.2) is 12.6 Å². The van der Waals surface area contributed by atoms with Crippen LogP contribution in [0.15, 0.2) is 60.7 Å². The molecule has 2 heteroatoms. The summed E-state index contributed by atoms with van der Waals surface area (Å²) in [7, 11) is 0. The molecule has 0 heterocycles. The maximum absolute atomic E-state index is 11.8.